The van der Waals surface area contributed by atoms with Crippen LogP contribution in [0.25, 0.3) is 16.7 Å². The smallest absolute Gasteiger partial charge is 0.168 e. The summed E-state index contributed by atoms with van der Waals surface area (Å²) in [5.74, 6) is 0.728. The van der Waals surface area contributed by atoms with Crippen molar-refractivity contribution < 1.29 is 0 Å². The first kappa shape index (κ1) is 14.7. The highest BCUT2D eigenvalue weighted by Crippen LogP contribution is 2.25. The highest BCUT2D eigenvalue weighted by Gasteiger charge is 2.11. The second-order valence-corrected chi connectivity index (χ2v) is 5.92. The minimum Gasteiger partial charge on any atom is -0.340 e. The molecule has 0 bridgehead atoms. The Morgan fingerprint density at radius 3 is 2.67 bits per heavy atom. The lowest BCUT2D eigenvalue weighted by Gasteiger charge is -2.07. The van der Waals surface area contributed by atoms with Crippen LogP contribution in [0.4, 0.5) is 11.5 Å². The van der Waals surface area contributed by atoms with Gasteiger partial charge >= 0.3 is 0 Å². The monoisotopic (exact) mass is 335 g/mol. The Kier molecular flexibility index (Phi) is 3.63. The maximum Gasteiger partial charge on any atom is 0.168 e. The zero-order valence-electron chi connectivity index (χ0n) is 12.9. The standard InChI is InChI=1S/C18H14ClN5/c1-12-3-2-4-14(9-12)23-17-16-10-22-24(18(16)21-11-20-17)15-7-5-13(19)6-8-15/h2-11H,1H3,(H,20,21,23). The van der Waals surface area contributed by atoms with Gasteiger partial charge in [0.2, 0.25) is 0 Å². The Bertz CT molecular complexity index is 1010. The van der Waals surface area contributed by atoms with E-state index in [9.17, 15) is 0 Å². The van der Waals surface area contributed by atoms with E-state index < -0.39 is 0 Å². The Balaban J connectivity index is 1.77. The Hall–Kier alpha value is -2.92. The molecule has 0 unspecified atom stereocenters. The Morgan fingerprint density at radius 1 is 1.04 bits per heavy atom. The predicted molar refractivity (Wildman–Crippen MR) is 96.1 cm³/mol. The van der Waals surface area contributed by atoms with Gasteiger partial charge < -0.3 is 5.32 Å². The van der Waals surface area contributed by atoms with Crippen LogP contribution in [-0.4, -0.2) is 19.7 Å². The lowest BCUT2D eigenvalue weighted by Crippen LogP contribution is -1.99. The van der Waals surface area contributed by atoms with Gasteiger partial charge in [-0.05, 0) is 48.9 Å². The van der Waals surface area contributed by atoms with Crippen molar-refractivity contribution in [2.75, 3.05) is 5.32 Å². The molecule has 0 saturated heterocycles. The zero-order valence-corrected chi connectivity index (χ0v) is 13.7. The number of hydrogen-bond acceptors (Lipinski definition) is 4. The van der Waals surface area contributed by atoms with Crippen LogP contribution in [0, 0.1) is 6.92 Å². The summed E-state index contributed by atoms with van der Waals surface area (Å²) in [7, 11) is 0. The van der Waals surface area contributed by atoms with Crippen molar-refractivity contribution in [3.8, 4) is 5.69 Å². The van der Waals surface area contributed by atoms with E-state index in [4.69, 9.17) is 11.6 Å². The number of aryl methyl sites for hydroxylation is 1. The van der Waals surface area contributed by atoms with Crippen molar-refractivity contribution in [3.63, 3.8) is 0 Å². The van der Waals surface area contributed by atoms with Gasteiger partial charge in [0.15, 0.2) is 5.65 Å². The van der Waals surface area contributed by atoms with E-state index in [1.54, 1.807) is 10.9 Å². The van der Waals surface area contributed by atoms with Crippen LogP contribution >= 0.6 is 11.6 Å². The number of nitrogens with zero attached hydrogens (tertiary/aromatic N) is 4. The molecule has 0 spiro atoms. The average Bonchev–Trinajstić information content (AvgIpc) is 3.01. The van der Waals surface area contributed by atoms with E-state index in [1.165, 1.54) is 11.9 Å². The van der Waals surface area contributed by atoms with Crippen molar-refractivity contribution in [3.05, 3.63) is 71.6 Å². The summed E-state index contributed by atoms with van der Waals surface area (Å²) < 4.78 is 1.77. The van der Waals surface area contributed by atoms with E-state index in [2.05, 4.69) is 39.4 Å². The SMILES string of the molecule is Cc1cccc(Nc2ncnc3c2cnn3-c2ccc(Cl)cc2)c1. The van der Waals surface area contributed by atoms with Crippen molar-refractivity contribution in [1.29, 1.82) is 0 Å². The van der Waals surface area contributed by atoms with Crippen molar-refractivity contribution >= 4 is 34.1 Å². The molecule has 118 valence electrons. The molecule has 0 aliphatic carbocycles. The van der Waals surface area contributed by atoms with Crippen LogP contribution in [0.1, 0.15) is 5.56 Å². The van der Waals surface area contributed by atoms with Crippen molar-refractivity contribution in [2.45, 2.75) is 6.92 Å². The second kappa shape index (κ2) is 5.94. The maximum absolute atomic E-state index is 5.95. The van der Waals surface area contributed by atoms with E-state index in [0.717, 1.165) is 28.2 Å². The lowest BCUT2D eigenvalue weighted by molar-refractivity contribution is 0.895. The van der Waals surface area contributed by atoms with Gasteiger partial charge in [0.05, 0.1) is 17.3 Å². The molecule has 6 heteroatoms. The van der Waals surface area contributed by atoms with Gasteiger partial charge in [0.1, 0.15) is 12.1 Å². The number of rotatable bonds is 3. The fraction of sp³-hybridized carbons (Fsp3) is 0.0556. The zero-order chi connectivity index (χ0) is 16.5. The molecule has 0 amide bonds. The maximum atomic E-state index is 5.95. The van der Waals surface area contributed by atoms with Gasteiger partial charge in [-0.15, -0.1) is 0 Å². The molecule has 24 heavy (non-hydrogen) atoms. The fourth-order valence-corrected chi connectivity index (χ4v) is 2.70. The van der Waals surface area contributed by atoms with Crippen molar-refractivity contribution in [1.82, 2.24) is 19.7 Å². The molecule has 0 fully saturated rings. The average molecular weight is 336 g/mol. The summed E-state index contributed by atoms with van der Waals surface area (Å²) in [4.78, 5) is 8.73. The molecule has 0 aliphatic heterocycles. The number of halogens is 1. The first-order chi connectivity index (χ1) is 11.7. The highest BCUT2D eigenvalue weighted by atomic mass is 35.5. The minimum absolute atomic E-state index is 0.687. The second-order valence-electron chi connectivity index (χ2n) is 5.49. The van der Waals surface area contributed by atoms with Crippen molar-refractivity contribution in [2.24, 2.45) is 0 Å². The molecule has 4 rings (SSSR count). The molecular formula is C18H14ClN5. The summed E-state index contributed by atoms with van der Waals surface area (Å²) >= 11 is 5.95. The van der Waals surface area contributed by atoms with Crippen LogP contribution in [0.2, 0.25) is 5.02 Å². The predicted octanol–water partition coefficient (Wildman–Crippen LogP) is 4.52. The Morgan fingerprint density at radius 2 is 1.88 bits per heavy atom. The van der Waals surface area contributed by atoms with E-state index >= 15 is 0 Å². The molecule has 0 saturated carbocycles. The molecule has 2 aromatic carbocycles. The minimum atomic E-state index is 0.687. The molecule has 2 aromatic heterocycles. The summed E-state index contributed by atoms with van der Waals surface area (Å²) in [5, 5.41) is 9.32. The number of fused-ring (bicyclic) bond motifs is 1. The largest absolute Gasteiger partial charge is 0.340 e. The number of anilines is 2. The first-order valence-corrected chi connectivity index (χ1v) is 7.87. The van der Waals surface area contributed by atoms with Crippen LogP contribution in [0.5, 0.6) is 0 Å². The summed E-state index contributed by atoms with van der Waals surface area (Å²) in [5.41, 5.74) is 3.80. The van der Waals surface area contributed by atoms with Crippen LogP contribution < -0.4 is 5.32 Å². The summed E-state index contributed by atoms with van der Waals surface area (Å²) in [6, 6.07) is 15.6. The van der Waals surface area contributed by atoms with Gasteiger partial charge in [-0.2, -0.15) is 5.10 Å². The number of nitrogens with one attached hydrogen (secondary N) is 1. The number of hydrogen-bond donors (Lipinski definition) is 1. The molecule has 0 aliphatic rings. The lowest BCUT2D eigenvalue weighted by atomic mass is 10.2. The first-order valence-electron chi connectivity index (χ1n) is 7.49. The molecule has 1 N–H and O–H groups in total. The summed E-state index contributed by atoms with van der Waals surface area (Å²) in [6.45, 7) is 2.05. The van der Waals surface area contributed by atoms with Crippen LogP contribution in [0.3, 0.4) is 0 Å². The third-order valence-electron chi connectivity index (χ3n) is 3.72. The quantitative estimate of drug-likeness (QED) is 0.598. The third-order valence-corrected chi connectivity index (χ3v) is 3.97. The van der Waals surface area contributed by atoms with Gasteiger partial charge in [0.25, 0.3) is 0 Å². The fourth-order valence-electron chi connectivity index (χ4n) is 2.57. The van der Waals surface area contributed by atoms with E-state index in [-0.39, 0.29) is 0 Å². The highest BCUT2D eigenvalue weighted by molar-refractivity contribution is 6.30. The topological polar surface area (TPSA) is 55.6 Å². The molecular weight excluding hydrogens is 322 g/mol. The molecule has 4 aromatic rings. The van der Waals surface area contributed by atoms with E-state index in [1.807, 2.05) is 36.4 Å². The van der Waals surface area contributed by atoms with E-state index in [0.29, 0.717) is 5.02 Å². The van der Waals surface area contributed by atoms with Crippen LogP contribution in [0.15, 0.2) is 61.1 Å². The number of aromatic nitrogens is 4. The summed E-state index contributed by atoms with van der Waals surface area (Å²) in [6.07, 6.45) is 3.30. The molecule has 0 radical (unpaired) electrons. The normalized spacial score (nSPS) is 10.9. The van der Waals surface area contributed by atoms with Crippen LogP contribution in [-0.2, 0) is 0 Å². The van der Waals surface area contributed by atoms with Gasteiger partial charge in [-0.1, -0.05) is 23.7 Å². The number of benzene rings is 2. The Labute approximate surface area is 143 Å². The molecule has 0 atom stereocenters. The van der Waals surface area contributed by atoms with Gasteiger partial charge in [0, 0.05) is 10.7 Å². The third kappa shape index (κ3) is 2.70. The molecule has 5 nitrogen and oxygen atoms in total. The van der Waals surface area contributed by atoms with Gasteiger partial charge in [-0.25, -0.2) is 14.6 Å². The van der Waals surface area contributed by atoms with Gasteiger partial charge in [-0.3, -0.25) is 0 Å². The molecule has 2 heterocycles.